The molecule has 0 radical (unpaired) electrons. The molecule has 1 fully saturated rings. The Hall–Kier alpha value is -2.21. The molecule has 0 aromatic carbocycles. The molecule has 0 saturated carbocycles. The van der Waals surface area contributed by atoms with Crippen LogP contribution in [0.4, 0.5) is 11.8 Å². The number of morpholine rings is 1. The van der Waals surface area contributed by atoms with E-state index >= 15 is 0 Å². The molecule has 3 rings (SSSR count). The molecule has 0 aliphatic carbocycles. The molecule has 0 unspecified atom stereocenters. The summed E-state index contributed by atoms with van der Waals surface area (Å²) < 4.78 is 5.37. The topological polar surface area (TPSA) is 63.2 Å². The van der Waals surface area contributed by atoms with Gasteiger partial charge in [0.2, 0.25) is 5.95 Å². The van der Waals surface area contributed by atoms with Crippen LogP contribution < -0.4 is 10.2 Å². The normalized spacial score (nSPS) is 15.0. The monoisotopic (exact) mass is 285 g/mol. The first-order valence-corrected chi connectivity index (χ1v) is 7.12. The number of hydrogen-bond donors (Lipinski definition) is 1. The fourth-order valence-electron chi connectivity index (χ4n) is 2.24. The van der Waals surface area contributed by atoms with E-state index < -0.39 is 0 Å². The van der Waals surface area contributed by atoms with Crippen molar-refractivity contribution in [2.45, 2.75) is 13.5 Å². The Morgan fingerprint density at radius 3 is 2.71 bits per heavy atom. The van der Waals surface area contributed by atoms with E-state index in [1.54, 1.807) is 12.4 Å². The lowest BCUT2D eigenvalue weighted by Gasteiger charge is -2.27. The summed E-state index contributed by atoms with van der Waals surface area (Å²) in [5, 5.41) is 3.34. The number of aryl methyl sites for hydroxylation is 1. The molecule has 2 aromatic heterocycles. The molecular formula is C15H19N5O. The van der Waals surface area contributed by atoms with Crippen LogP contribution in [-0.2, 0) is 11.3 Å². The molecule has 1 saturated heterocycles. The molecule has 6 heteroatoms. The average Bonchev–Trinajstić information content (AvgIpc) is 2.54. The predicted octanol–water partition coefficient (Wildman–Crippen LogP) is 1.63. The van der Waals surface area contributed by atoms with Crippen LogP contribution in [-0.4, -0.2) is 41.3 Å². The smallest absolute Gasteiger partial charge is 0.227 e. The Morgan fingerprint density at radius 1 is 1.19 bits per heavy atom. The lowest BCUT2D eigenvalue weighted by molar-refractivity contribution is 0.122. The van der Waals surface area contributed by atoms with Crippen LogP contribution in [0.3, 0.4) is 0 Å². The molecule has 2 aromatic rings. The summed E-state index contributed by atoms with van der Waals surface area (Å²) >= 11 is 0. The second-order valence-corrected chi connectivity index (χ2v) is 5.00. The number of nitrogens with zero attached hydrogens (tertiary/aromatic N) is 4. The Balaban J connectivity index is 1.71. The van der Waals surface area contributed by atoms with Crippen LogP contribution in [0, 0.1) is 6.92 Å². The number of hydrogen-bond acceptors (Lipinski definition) is 6. The third-order valence-electron chi connectivity index (χ3n) is 3.36. The highest BCUT2D eigenvalue weighted by atomic mass is 16.5. The molecule has 0 bridgehead atoms. The highest BCUT2D eigenvalue weighted by Gasteiger charge is 2.14. The van der Waals surface area contributed by atoms with Gasteiger partial charge in [0.15, 0.2) is 0 Å². The summed E-state index contributed by atoms with van der Waals surface area (Å²) in [5.74, 6) is 1.62. The lowest BCUT2D eigenvalue weighted by Crippen LogP contribution is -2.37. The minimum absolute atomic E-state index is 0.724. The Bertz CT molecular complexity index is 584. The van der Waals surface area contributed by atoms with E-state index in [0.29, 0.717) is 0 Å². The van der Waals surface area contributed by atoms with E-state index in [9.17, 15) is 0 Å². The zero-order chi connectivity index (χ0) is 14.5. The SMILES string of the molecule is Cc1cc(NCc2ccncc2)nc(N2CCOCC2)n1. The number of ether oxygens (including phenoxy) is 1. The van der Waals surface area contributed by atoms with Gasteiger partial charge >= 0.3 is 0 Å². The van der Waals surface area contributed by atoms with Gasteiger partial charge in [0.1, 0.15) is 5.82 Å². The summed E-state index contributed by atoms with van der Waals surface area (Å²) in [6.07, 6.45) is 3.59. The number of pyridine rings is 1. The molecule has 0 spiro atoms. The number of anilines is 2. The Morgan fingerprint density at radius 2 is 1.95 bits per heavy atom. The van der Waals surface area contributed by atoms with Crippen molar-refractivity contribution >= 4 is 11.8 Å². The van der Waals surface area contributed by atoms with Crippen LogP contribution in [0.5, 0.6) is 0 Å². The van der Waals surface area contributed by atoms with E-state index in [1.165, 1.54) is 5.56 Å². The maximum atomic E-state index is 5.37. The van der Waals surface area contributed by atoms with Crippen molar-refractivity contribution in [3.63, 3.8) is 0 Å². The van der Waals surface area contributed by atoms with Crippen molar-refractivity contribution in [2.24, 2.45) is 0 Å². The molecule has 1 aliphatic rings. The predicted molar refractivity (Wildman–Crippen MR) is 81.4 cm³/mol. The average molecular weight is 285 g/mol. The van der Waals surface area contributed by atoms with Crippen molar-refractivity contribution in [2.75, 3.05) is 36.5 Å². The third kappa shape index (κ3) is 3.66. The number of rotatable bonds is 4. The largest absolute Gasteiger partial charge is 0.378 e. The highest BCUT2D eigenvalue weighted by Crippen LogP contribution is 2.15. The molecule has 21 heavy (non-hydrogen) atoms. The van der Waals surface area contributed by atoms with Gasteiger partial charge in [-0.25, -0.2) is 4.98 Å². The van der Waals surface area contributed by atoms with Gasteiger partial charge < -0.3 is 15.0 Å². The Labute approximate surface area is 124 Å². The molecule has 1 N–H and O–H groups in total. The zero-order valence-electron chi connectivity index (χ0n) is 12.1. The minimum atomic E-state index is 0.724. The van der Waals surface area contributed by atoms with Crippen LogP contribution in [0.15, 0.2) is 30.6 Å². The lowest BCUT2D eigenvalue weighted by atomic mass is 10.3. The van der Waals surface area contributed by atoms with Crippen molar-refractivity contribution in [3.05, 3.63) is 41.9 Å². The second-order valence-electron chi connectivity index (χ2n) is 5.00. The van der Waals surface area contributed by atoms with Crippen molar-refractivity contribution in [3.8, 4) is 0 Å². The van der Waals surface area contributed by atoms with Crippen LogP contribution in [0.2, 0.25) is 0 Å². The first-order chi connectivity index (χ1) is 10.3. The summed E-state index contributed by atoms with van der Waals surface area (Å²) in [7, 11) is 0. The molecule has 3 heterocycles. The zero-order valence-corrected chi connectivity index (χ0v) is 12.1. The number of nitrogens with one attached hydrogen (secondary N) is 1. The third-order valence-corrected chi connectivity index (χ3v) is 3.36. The van der Waals surface area contributed by atoms with Gasteiger partial charge in [0.25, 0.3) is 0 Å². The Kier molecular flexibility index (Phi) is 4.25. The van der Waals surface area contributed by atoms with Crippen LogP contribution >= 0.6 is 0 Å². The number of aromatic nitrogens is 3. The van der Waals surface area contributed by atoms with Gasteiger partial charge in [-0.3, -0.25) is 4.98 Å². The van der Waals surface area contributed by atoms with Gasteiger partial charge in [-0.05, 0) is 24.6 Å². The standard InChI is InChI=1S/C15H19N5O/c1-12-10-14(17-11-13-2-4-16-5-3-13)19-15(18-12)20-6-8-21-9-7-20/h2-5,10H,6-9,11H2,1H3,(H,17,18,19). The maximum absolute atomic E-state index is 5.37. The fourth-order valence-corrected chi connectivity index (χ4v) is 2.24. The van der Waals surface area contributed by atoms with Crippen molar-refractivity contribution in [1.82, 2.24) is 15.0 Å². The summed E-state index contributed by atoms with van der Waals surface area (Å²) in [5.41, 5.74) is 2.14. The highest BCUT2D eigenvalue weighted by molar-refractivity contribution is 5.44. The van der Waals surface area contributed by atoms with E-state index in [2.05, 4.69) is 25.2 Å². The van der Waals surface area contributed by atoms with Crippen molar-refractivity contribution in [1.29, 1.82) is 0 Å². The molecule has 0 atom stereocenters. The first-order valence-electron chi connectivity index (χ1n) is 7.12. The molecule has 6 nitrogen and oxygen atoms in total. The fraction of sp³-hybridized carbons (Fsp3) is 0.400. The van der Waals surface area contributed by atoms with E-state index in [1.807, 2.05) is 25.1 Å². The minimum Gasteiger partial charge on any atom is -0.378 e. The second kappa shape index (κ2) is 6.49. The van der Waals surface area contributed by atoms with Gasteiger partial charge in [-0.2, -0.15) is 4.98 Å². The summed E-state index contributed by atoms with van der Waals surface area (Å²) in [6.45, 7) is 5.86. The molecule has 110 valence electrons. The summed E-state index contributed by atoms with van der Waals surface area (Å²) in [4.78, 5) is 15.3. The van der Waals surface area contributed by atoms with Gasteiger partial charge in [-0.1, -0.05) is 0 Å². The van der Waals surface area contributed by atoms with Crippen molar-refractivity contribution < 1.29 is 4.74 Å². The van der Waals surface area contributed by atoms with E-state index in [4.69, 9.17) is 4.74 Å². The van der Waals surface area contributed by atoms with Crippen LogP contribution in [0.1, 0.15) is 11.3 Å². The quantitative estimate of drug-likeness (QED) is 0.921. The molecular weight excluding hydrogens is 266 g/mol. The first kappa shape index (κ1) is 13.8. The summed E-state index contributed by atoms with van der Waals surface area (Å²) in [6, 6.07) is 5.94. The van der Waals surface area contributed by atoms with E-state index in [0.717, 1.165) is 50.3 Å². The van der Waals surface area contributed by atoms with Gasteiger partial charge in [0.05, 0.1) is 13.2 Å². The van der Waals surface area contributed by atoms with E-state index in [-0.39, 0.29) is 0 Å². The van der Waals surface area contributed by atoms with Gasteiger partial charge in [0, 0.05) is 43.8 Å². The molecule has 0 amide bonds. The van der Waals surface area contributed by atoms with Crippen LogP contribution in [0.25, 0.3) is 0 Å². The van der Waals surface area contributed by atoms with Gasteiger partial charge in [-0.15, -0.1) is 0 Å². The maximum Gasteiger partial charge on any atom is 0.227 e. The molecule has 1 aliphatic heterocycles.